The number of rotatable bonds is 5. The third-order valence-corrected chi connectivity index (χ3v) is 2.78. The molecule has 1 rings (SSSR count). The lowest BCUT2D eigenvalue weighted by atomic mass is 10.0. The Kier molecular flexibility index (Phi) is 5.49. The number of aromatic nitrogens is 1. The van der Waals surface area contributed by atoms with E-state index in [0.29, 0.717) is 5.69 Å². The number of nitrogens with one attached hydrogen (secondary N) is 2. The number of anilines is 2. The number of nitrogens with zero attached hydrogens (tertiary/aromatic N) is 2. The van der Waals surface area contributed by atoms with Gasteiger partial charge in [-0.1, -0.05) is 13.8 Å². The van der Waals surface area contributed by atoms with E-state index >= 15 is 0 Å². The molecule has 2 N–H and O–H groups in total. The monoisotopic (exact) mass is 278 g/mol. The van der Waals surface area contributed by atoms with Crippen LogP contribution in [-0.4, -0.2) is 36.9 Å². The van der Waals surface area contributed by atoms with E-state index in [0.717, 1.165) is 5.82 Å². The van der Waals surface area contributed by atoms with Gasteiger partial charge in [0.25, 0.3) is 0 Å². The van der Waals surface area contributed by atoms with Gasteiger partial charge < -0.3 is 15.5 Å². The summed E-state index contributed by atoms with van der Waals surface area (Å²) < 4.78 is 0. The van der Waals surface area contributed by atoms with Gasteiger partial charge in [-0.3, -0.25) is 9.59 Å². The molecule has 1 atom stereocenters. The summed E-state index contributed by atoms with van der Waals surface area (Å²) in [6.45, 7) is 5.16. The molecule has 0 aliphatic carbocycles. The van der Waals surface area contributed by atoms with Crippen molar-refractivity contribution in [2.75, 3.05) is 24.3 Å². The minimum absolute atomic E-state index is 0.00732. The summed E-state index contributed by atoms with van der Waals surface area (Å²) in [4.78, 5) is 29.4. The molecule has 0 spiro atoms. The van der Waals surface area contributed by atoms with E-state index in [1.807, 2.05) is 38.9 Å². The molecule has 2 amide bonds. The van der Waals surface area contributed by atoms with Crippen LogP contribution in [0.5, 0.6) is 0 Å². The van der Waals surface area contributed by atoms with Gasteiger partial charge in [-0.15, -0.1) is 0 Å². The van der Waals surface area contributed by atoms with Crippen molar-refractivity contribution >= 4 is 23.3 Å². The average molecular weight is 278 g/mol. The molecule has 6 nitrogen and oxygen atoms in total. The zero-order valence-corrected chi connectivity index (χ0v) is 12.6. The van der Waals surface area contributed by atoms with Gasteiger partial charge >= 0.3 is 0 Å². The SMILES string of the molecule is CC(=O)N[C@H](C(=O)Nc1ccc(N(C)C)nc1)C(C)C. The molecule has 0 saturated carbocycles. The van der Waals surface area contributed by atoms with Gasteiger partial charge in [0, 0.05) is 21.0 Å². The summed E-state index contributed by atoms with van der Waals surface area (Å²) in [6.07, 6.45) is 1.60. The summed E-state index contributed by atoms with van der Waals surface area (Å²) in [5.41, 5.74) is 0.608. The van der Waals surface area contributed by atoms with Gasteiger partial charge in [-0.25, -0.2) is 4.98 Å². The highest BCUT2D eigenvalue weighted by atomic mass is 16.2. The van der Waals surface area contributed by atoms with Gasteiger partial charge in [0.2, 0.25) is 11.8 Å². The summed E-state index contributed by atoms with van der Waals surface area (Å²) in [5, 5.41) is 5.41. The van der Waals surface area contributed by atoms with E-state index in [2.05, 4.69) is 15.6 Å². The Morgan fingerprint density at radius 2 is 1.90 bits per heavy atom. The number of hydrogen-bond acceptors (Lipinski definition) is 4. The van der Waals surface area contributed by atoms with Crippen molar-refractivity contribution in [3.63, 3.8) is 0 Å². The Labute approximate surface area is 119 Å². The zero-order valence-electron chi connectivity index (χ0n) is 12.6. The fourth-order valence-electron chi connectivity index (χ4n) is 1.70. The van der Waals surface area contributed by atoms with Gasteiger partial charge in [0.15, 0.2) is 0 Å². The van der Waals surface area contributed by atoms with Crippen molar-refractivity contribution in [1.82, 2.24) is 10.3 Å². The zero-order chi connectivity index (χ0) is 15.3. The highest BCUT2D eigenvalue weighted by Gasteiger charge is 2.23. The summed E-state index contributed by atoms with van der Waals surface area (Å²) in [6, 6.07) is 3.05. The Morgan fingerprint density at radius 1 is 1.25 bits per heavy atom. The number of amides is 2. The van der Waals surface area contributed by atoms with E-state index in [1.165, 1.54) is 6.92 Å². The Hall–Kier alpha value is -2.11. The van der Waals surface area contributed by atoms with Crippen LogP contribution in [-0.2, 0) is 9.59 Å². The standard InChI is InChI=1S/C14H22N4O2/c1-9(2)13(16-10(3)19)14(20)17-11-6-7-12(15-8-11)18(4)5/h6-9,13H,1-5H3,(H,16,19)(H,17,20)/t13-/m0/s1. The Bertz CT molecular complexity index is 469. The molecule has 1 aromatic heterocycles. The number of carbonyl (C=O) groups is 2. The molecule has 0 aromatic carbocycles. The minimum atomic E-state index is -0.555. The predicted octanol–water partition coefficient (Wildman–Crippen LogP) is 1.25. The van der Waals surface area contributed by atoms with Crippen LogP contribution in [0.4, 0.5) is 11.5 Å². The van der Waals surface area contributed by atoms with Gasteiger partial charge in [0.05, 0.1) is 11.9 Å². The first kappa shape index (κ1) is 15.9. The number of pyridine rings is 1. The maximum absolute atomic E-state index is 12.1. The van der Waals surface area contributed by atoms with Crippen LogP contribution >= 0.6 is 0 Å². The lowest BCUT2D eigenvalue weighted by Gasteiger charge is -2.21. The van der Waals surface area contributed by atoms with E-state index in [4.69, 9.17) is 0 Å². The van der Waals surface area contributed by atoms with Crippen LogP contribution in [0.15, 0.2) is 18.3 Å². The second kappa shape index (κ2) is 6.88. The summed E-state index contributed by atoms with van der Waals surface area (Å²) >= 11 is 0. The van der Waals surface area contributed by atoms with Crippen LogP contribution in [0.25, 0.3) is 0 Å². The van der Waals surface area contributed by atoms with Crippen molar-refractivity contribution in [3.8, 4) is 0 Å². The minimum Gasteiger partial charge on any atom is -0.363 e. The van der Waals surface area contributed by atoms with E-state index in [1.54, 1.807) is 12.3 Å². The first-order chi connectivity index (χ1) is 9.31. The van der Waals surface area contributed by atoms with Gasteiger partial charge in [-0.2, -0.15) is 0 Å². The Balaban J connectivity index is 2.75. The summed E-state index contributed by atoms with van der Waals surface area (Å²) in [7, 11) is 3.79. The molecule has 6 heteroatoms. The smallest absolute Gasteiger partial charge is 0.247 e. The average Bonchev–Trinajstić information content (AvgIpc) is 2.35. The third kappa shape index (κ3) is 4.53. The number of hydrogen-bond donors (Lipinski definition) is 2. The number of carbonyl (C=O) groups excluding carboxylic acids is 2. The van der Waals surface area contributed by atoms with E-state index in [-0.39, 0.29) is 17.7 Å². The molecule has 1 heterocycles. The van der Waals surface area contributed by atoms with Crippen LogP contribution in [0.3, 0.4) is 0 Å². The molecular weight excluding hydrogens is 256 g/mol. The first-order valence-electron chi connectivity index (χ1n) is 6.52. The molecule has 110 valence electrons. The van der Waals surface area contributed by atoms with E-state index in [9.17, 15) is 9.59 Å². The maximum Gasteiger partial charge on any atom is 0.247 e. The molecule has 0 radical (unpaired) electrons. The highest BCUT2D eigenvalue weighted by molar-refractivity contribution is 5.97. The van der Waals surface area contributed by atoms with Crippen LogP contribution in [0, 0.1) is 5.92 Å². The van der Waals surface area contributed by atoms with Crippen LogP contribution < -0.4 is 15.5 Å². The topological polar surface area (TPSA) is 74.3 Å². The first-order valence-corrected chi connectivity index (χ1v) is 6.52. The molecule has 0 bridgehead atoms. The molecule has 0 fully saturated rings. The van der Waals surface area contributed by atoms with Crippen molar-refractivity contribution in [3.05, 3.63) is 18.3 Å². The lowest BCUT2D eigenvalue weighted by molar-refractivity contribution is -0.126. The van der Waals surface area contributed by atoms with Crippen molar-refractivity contribution in [2.45, 2.75) is 26.8 Å². The predicted molar refractivity (Wildman–Crippen MR) is 79.6 cm³/mol. The van der Waals surface area contributed by atoms with Crippen molar-refractivity contribution in [1.29, 1.82) is 0 Å². The third-order valence-electron chi connectivity index (χ3n) is 2.78. The Morgan fingerprint density at radius 3 is 2.30 bits per heavy atom. The summed E-state index contributed by atoms with van der Waals surface area (Å²) in [5.74, 6) is 0.354. The second-order valence-corrected chi connectivity index (χ2v) is 5.21. The van der Waals surface area contributed by atoms with E-state index < -0.39 is 6.04 Å². The molecule has 0 aliphatic rings. The molecular formula is C14H22N4O2. The fraction of sp³-hybridized carbons (Fsp3) is 0.500. The normalized spacial score (nSPS) is 11.9. The van der Waals surface area contributed by atoms with Gasteiger partial charge in [-0.05, 0) is 18.1 Å². The molecule has 1 aromatic rings. The maximum atomic E-state index is 12.1. The molecule has 0 saturated heterocycles. The molecule has 0 aliphatic heterocycles. The quantitative estimate of drug-likeness (QED) is 0.850. The largest absolute Gasteiger partial charge is 0.363 e. The molecule has 20 heavy (non-hydrogen) atoms. The van der Waals surface area contributed by atoms with Crippen molar-refractivity contribution in [2.24, 2.45) is 5.92 Å². The van der Waals surface area contributed by atoms with Crippen molar-refractivity contribution < 1.29 is 9.59 Å². The van der Waals surface area contributed by atoms with Gasteiger partial charge in [0.1, 0.15) is 11.9 Å². The fourth-order valence-corrected chi connectivity index (χ4v) is 1.70. The second-order valence-electron chi connectivity index (χ2n) is 5.21. The molecule has 0 unspecified atom stereocenters. The lowest BCUT2D eigenvalue weighted by Crippen LogP contribution is -2.46. The highest BCUT2D eigenvalue weighted by Crippen LogP contribution is 2.13. The van der Waals surface area contributed by atoms with Crippen LogP contribution in [0.2, 0.25) is 0 Å². The van der Waals surface area contributed by atoms with Crippen LogP contribution in [0.1, 0.15) is 20.8 Å².